The van der Waals surface area contributed by atoms with Crippen molar-refractivity contribution in [3.63, 3.8) is 0 Å². The lowest BCUT2D eigenvalue weighted by molar-refractivity contribution is -0.122. The number of anilines is 1. The van der Waals surface area contributed by atoms with Crippen molar-refractivity contribution >= 4 is 11.7 Å². The molecule has 87 valence electrons. The number of halogens is 4. The SMILES string of the molecule is O=C(NCC(F)(F)F)Nc1cc[c]c(F)c1. The van der Waals surface area contributed by atoms with Crippen LogP contribution >= 0.6 is 0 Å². The molecule has 1 aromatic rings. The molecule has 2 N–H and O–H groups in total. The lowest BCUT2D eigenvalue weighted by Crippen LogP contribution is -2.36. The maximum atomic E-state index is 12.6. The molecule has 0 bridgehead atoms. The topological polar surface area (TPSA) is 41.1 Å². The van der Waals surface area contributed by atoms with Gasteiger partial charge in [-0.3, -0.25) is 0 Å². The summed E-state index contributed by atoms with van der Waals surface area (Å²) in [5.74, 6) is -0.714. The minimum Gasteiger partial charge on any atom is -0.329 e. The molecule has 0 aliphatic rings. The Morgan fingerprint density at radius 1 is 1.44 bits per heavy atom. The lowest BCUT2D eigenvalue weighted by atomic mass is 10.3. The summed E-state index contributed by atoms with van der Waals surface area (Å²) < 4.78 is 47.7. The van der Waals surface area contributed by atoms with Crippen molar-refractivity contribution in [3.05, 3.63) is 30.1 Å². The van der Waals surface area contributed by atoms with E-state index in [4.69, 9.17) is 0 Å². The van der Waals surface area contributed by atoms with Crippen LogP contribution in [-0.2, 0) is 0 Å². The van der Waals surface area contributed by atoms with Crippen molar-refractivity contribution in [1.29, 1.82) is 0 Å². The van der Waals surface area contributed by atoms with Gasteiger partial charge in [0.15, 0.2) is 0 Å². The fourth-order valence-electron chi connectivity index (χ4n) is 0.871. The summed E-state index contributed by atoms with van der Waals surface area (Å²) in [6, 6.07) is 4.57. The first-order valence-corrected chi connectivity index (χ1v) is 4.16. The molecule has 0 unspecified atom stereocenters. The average Bonchev–Trinajstić information content (AvgIpc) is 2.14. The fourth-order valence-corrected chi connectivity index (χ4v) is 0.871. The van der Waals surface area contributed by atoms with Crippen molar-refractivity contribution in [1.82, 2.24) is 5.32 Å². The first kappa shape index (κ1) is 12.3. The zero-order valence-electron chi connectivity index (χ0n) is 7.86. The summed E-state index contributed by atoms with van der Waals surface area (Å²) in [7, 11) is 0. The highest BCUT2D eigenvalue weighted by Gasteiger charge is 2.27. The Balaban J connectivity index is 2.46. The van der Waals surface area contributed by atoms with Crippen LogP contribution in [0.4, 0.5) is 28.0 Å². The van der Waals surface area contributed by atoms with Gasteiger partial charge in [0, 0.05) is 11.8 Å². The second-order valence-electron chi connectivity index (χ2n) is 2.85. The van der Waals surface area contributed by atoms with Gasteiger partial charge in [0.05, 0.1) is 0 Å². The van der Waals surface area contributed by atoms with Crippen molar-refractivity contribution in [2.24, 2.45) is 0 Å². The molecule has 0 fully saturated rings. The molecular formula is C9H7F4N2O. The van der Waals surface area contributed by atoms with Crippen molar-refractivity contribution in [2.75, 3.05) is 11.9 Å². The second-order valence-corrected chi connectivity index (χ2v) is 2.85. The normalized spacial score (nSPS) is 11.0. The average molecular weight is 235 g/mol. The van der Waals surface area contributed by atoms with Gasteiger partial charge in [0.1, 0.15) is 12.4 Å². The first-order valence-electron chi connectivity index (χ1n) is 4.16. The number of rotatable bonds is 2. The Hall–Kier alpha value is -1.79. The highest BCUT2D eigenvalue weighted by atomic mass is 19.4. The van der Waals surface area contributed by atoms with E-state index in [-0.39, 0.29) is 5.69 Å². The van der Waals surface area contributed by atoms with Crippen molar-refractivity contribution in [3.8, 4) is 0 Å². The van der Waals surface area contributed by atoms with Gasteiger partial charge in [0.25, 0.3) is 0 Å². The molecule has 0 aromatic heterocycles. The molecule has 2 amide bonds. The van der Waals surface area contributed by atoms with Gasteiger partial charge >= 0.3 is 12.2 Å². The van der Waals surface area contributed by atoms with Gasteiger partial charge in [-0.1, -0.05) is 0 Å². The molecule has 0 aliphatic heterocycles. The number of nitrogens with one attached hydrogen (secondary N) is 2. The summed E-state index contributed by atoms with van der Waals surface area (Å²) in [6.45, 7) is -1.44. The molecule has 0 atom stereocenters. The number of benzene rings is 1. The Bertz CT molecular complexity index is 378. The highest BCUT2D eigenvalue weighted by molar-refractivity contribution is 5.89. The maximum absolute atomic E-state index is 12.6. The van der Waals surface area contributed by atoms with Crippen LogP contribution in [-0.4, -0.2) is 18.8 Å². The van der Waals surface area contributed by atoms with Crippen LogP contribution in [0.25, 0.3) is 0 Å². The Morgan fingerprint density at radius 3 is 2.69 bits per heavy atom. The number of hydrogen-bond acceptors (Lipinski definition) is 1. The van der Waals surface area contributed by atoms with Crippen LogP contribution in [0.1, 0.15) is 0 Å². The smallest absolute Gasteiger partial charge is 0.329 e. The number of alkyl halides is 3. The van der Waals surface area contributed by atoms with Gasteiger partial charge in [0.2, 0.25) is 0 Å². The van der Waals surface area contributed by atoms with E-state index in [2.05, 4.69) is 6.07 Å². The summed E-state index contributed by atoms with van der Waals surface area (Å²) in [5, 5.41) is 3.63. The number of amides is 2. The van der Waals surface area contributed by atoms with E-state index < -0.39 is 24.6 Å². The molecule has 7 heteroatoms. The molecule has 1 aromatic carbocycles. The van der Waals surface area contributed by atoms with E-state index in [1.807, 2.05) is 5.32 Å². The van der Waals surface area contributed by atoms with E-state index in [1.54, 1.807) is 5.32 Å². The van der Waals surface area contributed by atoms with Crippen LogP contribution in [0, 0.1) is 11.9 Å². The van der Waals surface area contributed by atoms with Gasteiger partial charge in [-0.15, -0.1) is 0 Å². The highest BCUT2D eigenvalue weighted by Crippen LogP contribution is 2.12. The molecule has 0 heterocycles. The van der Waals surface area contributed by atoms with Crippen LogP contribution in [0.15, 0.2) is 18.2 Å². The number of urea groups is 1. The summed E-state index contributed by atoms with van der Waals surface area (Å²) in [4.78, 5) is 10.9. The van der Waals surface area contributed by atoms with E-state index in [9.17, 15) is 22.4 Å². The monoisotopic (exact) mass is 235 g/mol. The summed E-state index contributed by atoms with van der Waals surface area (Å²) >= 11 is 0. The largest absolute Gasteiger partial charge is 0.405 e. The predicted molar refractivity (Wildman–Crippen MR) is 48.3 cm³/mol. The Kier molecular flexibility index (Phi) is 3.70. The molecule has 0 saturated carbocycles. The standard InChI is InChI=1S/C9H7F4N2O/c10-6-2-1-3-7(4-6)15-8(16)14-5-9(11,12)13/h1,3-4H,5H2,(H2,14,15,16). The molecule has 16 heavy (non-hydrogen) atoms. The zero-order valence-corrected chi connectivity index (χ0v) is 7.86. The van der Waals surface area contributed by atoms with Crippen LogP contribution < -0.4 is 10.6 Å². The van der Waals surface area contributed by atoms with Gasteiger partial charge in [-0.25, -0.2) is 9.18 Å². The first-order chi connectivity index (χ1) is 7.37. The third-order valence-corrected chi connectivity index (χ3v) is 1.47. The fraction of sp³-hybridized carbons (Fsp3) is 0.222. The lowest BCUT2D eigenvalue weighted by Gasteiger charge is -2.09. The molecule has 3 nitrogen and oxygen atoms in total. The summed E-state index contributed by atoms with van der Waals surface area (Å²) in [5.41, 5.74) is 0.0518. The van der Waals surface area contributed by atoms with Crippen LogP contribution in [0.2, 0.25) is 0 Å². The molecule has 0 spiro atoms. The third-order valence-electron chi connectivity index (χ3n) is 1.47. The van der Waals surface area contributed by atoms with Crippen molar-refractivity contribution < 1.29 is 22.4 Å². The van der Waals surface area contributed by atoms with E-state index in [0.29, 0.717) is 0 Å². The molecule has 0 saturated heterocycles. The zero-order chi connectivity index (χ0) is 12.2. The second kappa shape index (κ2) is 4.82. The quantitative estimate of drug-likeness (QED) is 0.759. The van der Waals surface area contributed by atoms with Crippen LogP contribution in [0.3, 0.4) is 0 Å². The van der Waals surface area contributed by atoms with Gasteiger partial charge in [-0.2, -0.15) is 13.2 Å². The number of hydrogen-bond donors (Lipinski definition) is 2. The minimum absolute atomic E-state index is 0.0518. The van der Waals surface area contributed by atoms with E-state index in [1.165, 1.54) is 12.1 Å². The van der Waals surface area contributed by atoms with Crippen molar-refractivity contribution in [2.45, 2.75) is 6.18 Å². The minimum atomic E-state index is -4.48. The molecular weight excluding hydrogens is 228 g/mol. The van der Waals surface area contributed by atoms with Gasteiger partial charge < -0.3 is 10.6 Å². The number of carbonyl (C=O) groups excluding carboxylic acids is 1. The predicted octanol–water partition coefficient (Wildman–Crippen LogP) is 2.31. The Morgan fingerprint density at radius 2 is 2.12 bits per heavy atom. The van der Waals surface area contributed by atoms with E-state index in [0.717, 1.165) is 6.07 Å². The molecule has 1 rings (SSSR count). The Labute approximate surface area is 88.4 Å². The molecule has 1 radical (unpaired) electrons. The third kappa shape index (κ3) is 4.63. The maximum Gasteiger partial charge on any atom is 0.405 e. The van der Waals surface area contributed by atoms with Gasteiger partial charge in [-0.05, 0) is 18.2 Å². The molecule has 0 aliphatic carbocycles. The number of carbonyl (C=O) groups is 1. The summed E-state index contributed by atoms with van der Waals surface area (Å²) in [6.07, 6.45) is -4.48. The van der Waals surface area contributed by atoms with Crippen LogP contribution in [0.5, 0.6) is 0 Å². The van der Waals surface area contributed by atoms with E-state index >= 15 is 0 Å².